The Morgan fingerprint density at radius 2 is 1.56 bits per heavy atom. The summed E-state index contributed by atoms with van der Waals surface area (Å²) < 4.78 is 0. The van der Waals surface area contributed by atoms with Gasteiger partial charge in [-0.1, -0.05) is 6.42 Å². The topological polar surface area (TPSA) is 32.5 Å². The second kappa shape index (κ2) is 6.58. The molecule has 0 atom stereocenters. The van der Waals surface area contributed by atoms with Crippen LogP contribution in [0.3, 0.4) is 0 Å². The van der Waals surface area contributed by atoms with Crippen LogP contribution in [0.2, 0.25) is 0 Å². The molecule has 96 valence electrons. The third-order valence-corrected chi connectivity index (χ3v) is 3.50. The van der Waals surface area contributed by atoms with E-state index in [4.69, 9.17) is 5.73 Å². The van der Waals surface area contributed by atoms with Crippen LogP contribution in [0.25, 0.3) is 0 Å². The highest BCUT2D eigenvalue weighted by molar-refractivity contribution is 4.81. The van der Waals surface area contributed by atoms with E-state index in [1.54, 1.807) is 0 Å². The Balaban J connectivity index is 2.12. The van der Waals surface area contributed by atoms with Gasteiger partial charge in [0.05, 0.1) is 0 Å². The summed E-state index contributed by atoms with van der Waals surface area (Å²) in [5, 5.41) is 0. The minimum absolute atomic E-state index is 0.339. The van der Waals surface area contributed by atoms with E-state index in [0.29, 0.717) is 5.54 Å². The summed E-state index contributed by atoms with van der Waals surface area (Å²) in [4.78, 5) is 5.18. The molecule has 1 rings (SSSR count). The Kier molecular flexibility index (Phi) is 5.73. The van der Waals surface area contributed by atoms with Crippen LogP contribution >= 0.6 is 0 Å². The lowest BCUT2D eigenvalue weighted by Gasteiger charge is -2.42. The Morgan fingerprint density at radius 1 is 0.938 bits per heavy atom. The van der Waals surface area contributed by atoms with E-state index in [1.807, 2.05) is 0 Å². The molecule has 1 heterocycles. The molecule has 3 heteroatoms. The fraction of sp³-hybridized carbons (Fsp3) is 1.00. The molecule has 3 nitrogen and oxygen atoms in total. The Labute approximate surface area is 101 Å². The van der Waals surface area contributed by atoms with Crippen molar-refractivity contribution in [3.8, 4) is 0 Å². The highest BCUT2D eigenvalue weighted by atomic mass is 15.3. The van der Waals surface area contributed by atoms with Crippen LogP contribution in [-0.2, 0) is 0 Å². The van der Waals surface area contributed by atoms with E-state index in [0.717, 1.165) is 6.54 Å². The van der Waals surface area contributed by atoms with E-state index >= 15 is 0 Å². The fourth-order valence-corrected chi connectivity index (χ4v) is 2.30. The molecule has 0 bridgehead atoms. The van der Waals surface area contributed by atoms with Crippen molar-refractivity contribution in [3.63, 3.8) is 0 Å². The molecule has 16 heavy (non-hydrogen) atoms. The van der Waals surface area contributed by atoms with Crippen LogP contribution in [0.15, 0.2) is 0 Å². The second-order valence-corrected chi connectivity index (χ2v) is 5.85. The average molecular weight is 227 g/mol. The zero-order chi connectivity index (χ0) is 12.0. The molecular formula is C13H29N3. The summed E-state index contributed by atoms with van der Waals surface area (Å²) in [6.07, 6.45) is 3.78. The maximum absolute atomic E-state index is 5.49. The first-order valence-corrected chi connectivity index (χ1v) is 6.71. The summed E-state index contributed by atoms with van der Waals surface area (Å²) >= 11 is 0. The molecule has 0 saturated carbocycles. The van der Waals surface area contributed by atoms with Crippen molar-refractivity contribution < 1.29 is 0 Å². The van der Waals surface area contributed by atoms with Crippen molar-refractivity contribution in [1.29, 1.82) is 0 Å². The van der Waals surface area contributed by atoms with Crippen molar-refractivity contribution in [1.82, 2.24) is 9.80 Å². The van der Waals surface area contributed by atoms with Crippen molar-refractivity contribution in [3.05, 3.63) is 0 Å². The van der Waals surface area contributed by atoms with Crippen molar-refractivity contribution in [2.24, 2.45) is 5.73 Å². The maximum atomic E-state index is 5.49. The molecule has 0 amide bonds. The SMILES string of the molecule is CC(C)(C)N1CCN(CCCCCN)CC1. The monoisotopic (exact) mass is 227 g/mol. The number of hydrogen-bond acceptors (Lipinski definition) is 3. The summed E-state index contributed by atoms with van der Waals surface area (Å²) in [6, 6.07) is 0. The largest absolute Gasteiger partial charge is 0.330 e. The molecule has 0 aromatic rings. The quantitative estimate of drug-likeness (QED) is 0.723. The maximum Gasteiger partial charge on any atom is 0.0126 e. The van der Waals surface area contributed by atoms with Gasteiger partial charge in [0.25, 0.3) is 0 Å². The summed E-state index contributed by atoms with van der Waals surface area (Å²) in [5.41, 5.74) is 5.83. The van der Waals surface area contributed by atoms with Crippen LogP contribution in [0, 0.1) is 0 Å². The predicted molar refractivity (Wildman–Crippen MR) is 70.7 cm³/mol. The van der Waals surface area contributed by atoms with Crippen LogP contribution in [-0.4, -0.2) is 54.6 Å². The van der Waals surface area contributed by atoms with Gasteiger partial charge in [-0.25, -0.2) is 0 Å². The van der Waals surface area contributed by atoms with E-state index in [-0.39, 0.29) is 0 Å². The van der Waals surface area contributed by atoms with Crippen molar-refractivity contribution in [2.45, 2.75) is 45.6 Å². The number of rotatable bonds is 5. The van der Waals surface area contributed by atoms with Gasteiger partial charge in [0.15, 0.2) is 0 Å². The van der Waals surface area contributed by atoms with E-state index < -0.39 is 0 Å². The lowest BCUT2D eigenvalue weighted by atomic mass is 10.0. The van der Waals surface area contributed by atoms with Gasteiger partial charge in [-0.15, -0.1) is 0 Å². The predicted octanol–water partition coefficient (Wildman–Crippen LogP) is 1.53. The highest BCUT2D eigenvalue weighted by Crippen LogP contribution is 2.15. The van der Waals surface area contributed by atoms with Gasteiger partial charge in [0, 0.05) is 31.7 Å². The molecular weight excluding hydrogens is 198 g/mol. The third kappa shape index (κ3) is 4.81. The summed E-state index contributed by atoms with van der Waals surface area (Å²) in [5.74, 6) is 0. The molecule has 0 spiro atoms. The fourth-order valence-electron chi connectivity index (χ4n) is 2.30. The van der Waals surface area contributed by atoms with Crippen molar-refractivity contribution in [2.75, 3.05) is 39.3 Å². The lowest BCUT2D eigenvalue weighted by Crippen LogP contribution is -2.53. The molecule has 0 unspecified atom stereocenters. The van der Waals surface area contributed by atoms with Gasteiger partial charge < -0.3 is 10.6 Å². The molecule has 0 radical (unpaired) electrons. The zero-order valence-corrected chi connectivity index (χ0v) is 11.3. The molecule has 1 aliphatic rings. The lowest BCUT2D eigenvalue weighted by molar-refractivity contribution is 0.0616. The normalized spacial score (nSPS) is 20.2. The van der Waals surface area contributed by atoms with Crippen LogP contribution in [0.4, 0.5) is 0 Å². The number of nitrogens with zero attached hydrogens (tertiary/aromatic N) is 2. The van der Waals surface area contributed by atoms with Crippen molar-refractivity contribution >= 4 is 0 Å². The minimum Gasteiger partial charge on any atom is -0.330 e. The molecule has 1 aliphatic heterocycles. The van der Waals surface area contributed by atoms with Gasteiger partial charge in [-0.3, -0.25) is 4.90 Å². The standard InChI is InChI=1S/C13H29N3/c1-13(2,3)16-11-9-15(10-12-16)8-6-4-5-7-14/h4-12,14H2,1-3H3. The van der Waals surface area contributed by atoms with Gasteiger partial charge in [0.2, 0.25) is 0 Å². The van der Waals surface area contributed by atoms with Crippen LogP contribution in [0.1, 0.15) is 40.0 Å². The number of nitrogens with two attached hydrogens (primary N) is 1. The minimum atomic E-state index is 0.339. The first-order chi connectivity index (χ1) is 7.54. The highest BCUT2D eigenvalue weighted by Gasteiger charge is 2.25. The van der Waals surface area contributed by atoms with Gasteiger partial charge in [-0.05, 0) is 46.7 Å². The molecule has 0 aromatic heterocycles. The molecule has 0 aromatic carbocycles. The number of unbranched alkanes of at least 4 members (excludes halogenated alkanes) is 2. The van der Waals surface area contributed by atoms with Crippen LogP contribution in [0.5, 0.6) is 0 Å². The molecule has 1 fully saturated rings. The Morgan fingerprint density at radius 3 is 2.06 bits per heavy atom. The molecule has 1 saturated heterocycles. The summed E-state index contributed by atoms with van der Waals surface area (Å²) in [7, 11) is 0. The molecule has 2 N–H and O–H groups in total. The van der Waals surface area contributed by atoms with Gasteiger partial charge in [0.1, 0.15) is 0 Å². The van der Waals surface area contributed by atoms with E-state index in [2.05, 4.69) is 30.6 Å². The Hall–Kier alpha value is -0.120. The first-order valence-electron chi connectivity index (χ1n) is 6.71. The number of piperazine rings is 1. The van der Waals surface area contributed by atoms with Gasteiger partial charge >= 0.3 is 0 Å². The first kappa shape index (κ1) is 13.9. The Bertz CT molecular complexity index is 178. The second-order valence-electron chi connectivity index (χ2n) is 5.85. The summed E-state index contributed by atoms with van der Waals surface area (Å²) in [6.45, 7) is 14.0. The number of hydrogen-bond donors (Lipinski definition) is 1. The zero-order valence-electron chi connectivity index (χ0n) is 11.3. The van der Waals surface area contributed by atoms with E-state index in [9.17, 15) is 0 Å². The van der Waals surface area contributed by atoms with E-state index in [1.165, 1.54) is 52.0 Å². The average Bonchev–Trinajstić information content (AvgIpc) is 2.24. The van der Waals surface area contributed by atoms with Crippen LogP contribution < -0.4 is 5.73 Å². The smallest absolute Gasteiger partial charge is 0.0126 e. The molecule has 0 aliphatic carbocycles. The van der Waals surface area contributed by atoms with Gasteiger partial charge in [-0.2, -0.15) is 0 Å². The third-order valence-electron chi connectivity index (χ3n) is 3.50.